The molecule has 1 saturated heterocycles. The smallest absolute Gasteiger partial charge is 0.237 e. The minimum absolute atomic E-state index is 0.00502. The first kappa shape index (κ1) is 17.7. The molecule has 0 radical (unpaired) electrons. The summed E-state index contributed by atoms with van der Waals surface area (Å²) in [5, 5.41) is 2.91. The Morgan fingerprint density at radius 1 is 1.30 bits per heavy atom. The van der Waals surface area contributed by atoms with Gasteiger partial charge in [0.15, 0.2) is 11.6 Å². The van der Waals surface area contributed by atoms with Crippen LogP contribution in [-0.4, -0.2) is 41.6 Å². The lowest BCUT2D eigenvalue weighted by atomic mass is 10.2. The van der Waals surface area contributed by atoms with E-state index < -0.39 is 5.82 Å². The highest BCUT2D eigenvalue weighted by Crippen LogP contribution is 2.25. The van der Waals surface area contributed by atoms with Gasteiger partial charge in [-0.3, -0.25) is 9.69 Å². The molecule has 1 aliphatic heterocycles. The Balaban J connectivity index is 1.83. The lowest BCUT2D eigenvalue weighted by Gasteiger charge is -2.31. The first-order valence-corrected chi connectivity index (χ1v) is 8.36. The molecular formula is C18H27FN2O2. The van der Waals surface area contributed by atoms with Crippen LogP contribution in [-0.2, 0) is 4.79 Å². The van der Waals surface area contributed by atoms with Crippen LogP contribution in [0.25, 0.3) is 0 Å². The van der Waals surface area contributed by atoms with Crippen LogP contribution in [0, 0.1) is 5.82 Å². The molecule has 23 heavy (non-hydrogen) atoms. The maximum atomic E-state index is 13.5. The van der Waals surface area contributed by atoms with Gasteiger partial charge in [-0.15, -0.1) is 0 Å². The van der Waals surface area contributed by atoms with E-state index in [1.807, 2.05) is 13.8 Å². The summed E-state index contributed by atoms with van der Waals surface area (Å²) in [6, 6.07) is 6.98. The maximum Gasteiger partial charge on any atom is 0.237 e. The quantitative estimate of drug-likeness (QED) is 0.875. The van der Waals surface area contributed by atoms with Crippen molar-refractivity contribution in [1.82, 2.24) is 10.2 Å². The van der Waals surface area contributed by atoms with E-state index >= 15 is 0 Å². The lowest BCUT2D eigenvalue weighted by molar-refractivity contribution is -0.127. The summed E-state index contributed by atoms with van der Waals surface area (Å²) in [7, 11) is 0. The highest BCUT2D eigenvalue weighted by atomic mass is 19.1. The molecule has 0 unspecified atom stereocenters. The lowest BCUT2D eigenvalue weighted by Crippen LogP contribution is -2.50. The van der Waals surface area contributed by atoms with Gasteiger partial charge in [-0.1, -0.05) is 12.1 Å². The molecule has 2 rings (SSSR count). The second-order valence-corrected chi connectivity index (χ2v) is 6.50. The third kappa shape index (κ3) is 4.44. The van der Waals surface area contributed by atoms with Gasteiger partial charge in [0.05, 0.1) is 12.6 Å². The number of carbonyl (C=O) groups is 1. The Morgan fingerprint density at radius 2 is 1.91 bits per heavy atom. The van der Waals surface area contributed by atoms with Crippen molar-refractivity contribution >= 4 is 5.91 Å². The molecule has 1 aromatic carbocycles. The van der Waals surface area contributed by atoms with Gasteiger partial charge < -0.3 is 10.1 Å². The van der Waals surface area contributed by atoms with E-state index in [0.29, 0.717) is 18.6 Å². The number of nitrogens with zero attached hydrogens (tertiary/aromatic N) is 1. The normalized spacial score (nSPS) is 24.2. The number of para-hydroxylation sites is 1. The highest BCUT2D eigenvalue weighted by molar-refractivity contribution is 5.81. The summed E-state index contributed by atoms with van der Waals surface area (Å²) < 4.78 is 19.1. The average Bonchev–Trinajstić information content (AvgIpc) is 2.85. The van der Waals surface area contributed by atoms with Crippen molar-refractivity contribution in [2.24, 2.45) is 0 Å². The molecule has 1 amide bonds. The Hall–Kier alpha value is -1.62. The number of hydrogen-bond donors (Lipinski definition) is 1. The number of halogens is 1. The number of benzene rings is 1. The summed E-state index contributed by atoms with van der Waals surface area (Å²) in [5.41, 5.74) is 0. The fourth-order valence-electron chi connectivity index (χ4n) is 3.30. The van der Waals surface area contributed by atoms with Crippen LogP contribution in [0.15, 0.2) is 24.3 Å². The Kier molecular flexibility index (Phi) is 5.99. The van der Waals surface area contributed by atoms with Crippen LogP contribution in [0.4, 0.5) is 4.39 Å². The minimum Gasteiger partial charge on any atom is -0.486 e. The van der Waals surface area contributed by atoms with E-state index in [1.165, 1.54) is 6.07 Å². The highest BCUT2D eigenvalue weighted by Gasteiger charge is 2.34. The van der Waals surface area contributed by atoms with Gasteiger partial charge in [0.1, 0.15) is 6.10 Å². The number of rotatable bonds is 6. The molecule has 1 aromatic rings. The van der Waals surface area contributed by atoms with Crippen LogP contribution in [0.5, 0.6) is 5.75 Å². The molecule has 128 valence electrons. The van der Waals surface area contributed by atoms with Crippen molar-refractivity contribution in [3.05, 3.63) is 30.1 Å². The number of amides is 1. The van der Waals surface area contributed by atoms with Crippen LogP contribution >= 0.6 is 0 Å². The van der Waals surface area contributed by atoms with Crippen LogP contribution in [0.3, 0.4) is 0 Å². The number of nitrogens with one attached hydrogen (secondary N) is 1. The molecule has 0 aliphatic carbocycles. The minimum atomic E-state index is -0.390. The molecular weight excluding hydrogens is 295 g/mol. The zero-order valence-corrected chi connectivity index (χ0v) is 14.4. The predicted molar refractivity (Wildman–Crippen MR) is 89.0 cm³/mol. The standard InChI is InChI=1S/C18H27FN2O2/c1-12-9-10-13(2)21(12)15(4)18(22)20-11-14(3)23-17-8-6-5-7-16(17)19/h5-8,12-15H,9-11H2,1-4H3,(H,20,22)/t12-,13+,14-,15-/m1/s1. The zero-order chi connectivity index (χ0) is 17.0. The molecule has 0 aromatic heterocycles. The van der Waals surface area contributed by atoms with E-state index in [2.05, 4.69) is 24.1 Å². The topological polar surface area (TPSA) is 41.6 Å². The Morgan fingerprint density at radius 3 is 2.52 bits per heavy atom. The van der Waals surface area contributed by atoms with Crippen molar-refractivity contribution in [3.8, 4) is 5.75 Å². The van der Waals surface area contributed by atoms with Crippen molar-refractivity contribution in [2.75, 3.05) is 6.54 Å². The first-order valence-electron chi connectivity index (χ1n) is 8.36. The van der Waals surface area contributed by atoms with Gasteiger partial charge in [0.2, 0.25) is 5.91 Å². The number of ether oxygens (including phenoxy) is 1. The fourth-order valence-corrected chi connectivity index (χ4v) is 3.30. The summed E-state index contributed by atoms with van der Waals surface area (Å²) in [6.45, 7) is 8.44. The third-order valence-corrected chi connectivity index (χ3v) is 4.58. The van der Waals surface area contributed by atoms with E-state index in [1.54, 1.807) is 18.2 Å². The van der Waals surface area contributed by atoms with E-state index in [4.69, 9.17) is 4.74 Å². The van der Waals surface area contributed by atoms with E-state index in [-0.39, 0.29) is 23.8 Å². The first-order chi connectivity index (χ1) is 10.9. The monoisotopic (exact) mass is 322 g/mol. The van der Waals surface area contributed by atoms with Crippen molar-refractivity contribution in [2.45, 2.75) is 64.8 Å². The molecule has 1 heterocycles. The largest absolute Gasteiger partial charge is 0.486 e. The van der Waals surface area contributed by atoms with Crippen molar-refractivity contribution < 1.29 is 13.9 Å². The van der Waals surface area contributed by atoms with Crippen LogP contribution in [0.1, 0.15) is 40.5 Å². The van der Waals surface area contributed by atoms with E-state index in [9.17, 15) is 9.18 Å². The summed E-state index contributed by atoms with van der Waals surface area (Å²) in [5.74, 6) is -0.183. The van der Waals surface area contributed by atoms with Gasteiger partial charge in [-0.2, -0.15) is 0 Å². The summed E-state index contributed by atoms with van der Waals surface area (Å²) in [4.78, 5) is 14.6. The second kappa shape index (κ2) is 7.77. The molecule has 0 saturated carbocycles. The van der Waals surface area contributed by atoms with Crippen LogP contribution in [0.2, 0.25) is 0 Å². The van der Waals surface area contributed by atoms with Crippen LogP contribution < -0.4 is 10.1 Å². The molecule has 5 heteroatoms. The molecule has 1 fully saturated rings. The van der Waals surface area contributed by atoms with Gasteiger partial charge in [0.25, 0.3) is 0 Å². The molecule has 4 atom stereocenters. The van der Waals surface area contributed by atoms with Gasteiger partial charge in [0, 0.05) is 12.1 Å². The number of likely N-dealkylation sites (tertiary alicyclic amines) is 1. The zero-order valence-electron chi connectivity index (χ0n) is 14.4. The molecule has 4 nitrogen and oxygen atoms in total. The van der Waals surface area contributed by atoms with Gasteiger partial charge >= 0.3 is 0 Å². The second-order valence-electron chi connectivity index (χ2n) is 6.50. The fraction of sp³-hybridized carbons (Fsp3) is 0.611. The summed E-state index contributed by atoms with van der Waals surface area (Å²) in [6.07, 6.45) is 1.97. The van der Waals surface area contributed by atoms with E-state index in [0.717, 1.165) is 12.8 Å². The van der Waals surface area contributed by atoms with Crippen molar-refractivity contribution in [3.63, 3.8) is 0 Å². The SMILES string of the molecule is C[C@H](CNC(=O)[C@@H](C)N1[C@H](C)CC[C@@H]1C)Oc1ccccc1F. The Bertz CT molecular complexity index is 528. The van der Waals surface area contributed by atoms with Gasteiger partial charge in [-0.25, -0.2) is 4.39 Å². The predicted octanol–water partition coefficient (Wildman–Crippen LogP) is 2.97. The molecule has 1 aliphatic rings. The van der Waals surface area contributed by atoms with Gasteiger partial charge in [-0.05, 0) is 52.7 Å². The molecule has 0 bridgehead atoms. The Labute approximate surface area is 138 Å². The van der Waals surface area contributed by atoms with Crippen molar-refractivity contribution in [1.29, 1.82) is 0 Å². The number of carbonyl (C=O) groups excluding carboxylic acids is 1. The summed E-state index contributed by atoms with van der Waals surface area (Å²) >= 11 is 0. The number of hydrogen-bond acceptors (Lipinski definition) is 3. The molecule has 1 N–H and O–H groups in total. The average molecular weight is 322 g/mol. The third-order valence-electron chi connectivity index (χ3n) is 4.58. The molecule has 0 spiro atoms. The maximum absolute atomic E-state index is 13.5.